The molecule has 0 saturated heterocycles. The van der Waals surface area contributed by atoms with Crippen molar-refractivity contribution in [2.45, 2.75) is 19.4 Å². The second kappa shape index (κ2) is 10.5. The van der Waals surface area contributed by atoms with Crippen LogP contribution in [-0.4, -0.2) is 33.6 Å². The SMILES string of the molecule is CCC(C(=O)Nc1ccc(C(=O)O)cc1)n1cc(OC)c(-c2cc(Cl)ccc2-c2cnco2)cc1=O. The molecule has 0 spiro atoms. The third-order valence-electron chi connectivity index (χ3n) is 5.66. The van der Waals surface area contributed by atoms with E-state index in [0.717, 1.165) is 0 Å². The number of amides is 1. The van der Waals surface area contributed by atoms with E-state index in [4.69, 9.17) is 25.9 Å². The molecule has 0 fully saturated rings. The van der Waals surface area contributed by atoms with E-state index in [1.807, 2.05) is 0 Å². The summed E-state index contributed by atoms with van der Waals surface area (Å²) < 4.78 is 12.4. The van der Waals surface area contributed by atoms with Crippen LogP contribution in [-0.2, 0) is 4.79 Å². The van der Waals surface area contributed by atoms with Gasteiger partial charge in [0.2, 0.25) is 5.91 Å². The van der Waals surface area contributed by atoms with Crippen LogP contribution in [0.5, 0.6) is 5.75 Å². The third-order valence-corrected chi connectivity index (χ3v) is 5.89. The highest BCUT2D eigenvalue weighted by molar-refractivity contribution is 6.31. The lowest BCUT2D eigenvalue weighted by atomic mass is 9.98. The Morgan fingerprint density at radius 1 is 1.14 bits per heavy atom. The minimum Gasteiger partial charge on any atom is -0.495 e. The van der Waals surface area contributed by atoms with Crippen LogP contribution < -0.4 is 15.6 Å². The molecule has 2 aromatic heterocycles. The highest BCUT2D eigenvalue weighted by atomic mass is 35.5. The van der Waals surface area contributed by atoms with Crippen molar-refractivity contribution in [3.05, 3.63) is 88.3 Å². The molecule has 4 rings (SSSR count). The number of halogens is 1. The number of aromatic nitrogens is 2. The summed E-state index contributed by atoms with van der Waals surface area (Å²) in [4.78, 5) is 41.3. The molecule has 2 N–H and O–H groups in total. The van der Waals surface area contributed by atoms with Gasteiger partial charge in [0, 0.05) is 27.9 Å². The van der Waals surface area contributed by atoms with Crippen molar-refractivity contribution in [2.24, 2.45) is 0 Å². The van der Waals surface area contributed by atoms with Crippen LogP contribution in [0, 0.1) is 0 Å². The topological polar surface area (TPSA) is 124 Å². The number of carbonyl (C=O) groups excluding carboxylic acids is 1. The first-order valence-corrected chi connectivity index (χ1v) is 11.3. The Bertz CT molecular complexity index is 1460. The molecule has 2 heterocycles. The van der Waals surface area contributed by atoms with Gasteiger partial charge in [-0.3, -0.25) is 14.2 Å². The van der Waals surface area contributed by atoms with E-state index in [-0.39, 0.29) is 5.56 Å². The van der Waals surface area contributed by atoms with E-state index in [1.165, 1.54) is 54.6 Å². The summed E-state index contributed by atoms with van der Waals surface area (Å²) in [5.74, 6) is -0.644. The number of hydrogen-bond acceptors (Lipinski definition) is 6. The molecular formula is C26H22ClN3O6. The molecule has 0 aliphatic rings. The fourth-order valence-corrected chi connectivity index (χ4v) is 4.05. The zero-order valence-electron chi connectivity index (χ0n) is 19.4. The first-order chi connectivity index (χ1) is 17.3. The molecule has 36 heavy (non-hydrogen) atoms. The largest absolute Gasteiger partial charge is 0.495 e. The van der Waals surface area contributed by atoms with Crippen LogP contribution in [0.15, 0.2) is 76.5 Å². The summed E-state index contributed by atoms with van der Waals surface area (Å²) in [5.41, 5.74) is 1.85. The molecule has 4 aromatic rings. The summed E-state index contributed by atoms with van der Waals surface area (Å²) in [6, 6.07) is 11.5. The van der Waals surface area contributed by atoms with Crippen molar-refractivity contribution in [3.63, 3.8) is 0 Å². The fourth-order valence-electron chi connectivity index (χ4n) is 3.88. The average Bonchev–Trinajstić information content (AvgIpc) is 3.40. The number of aromatic carboxylic acids is 1. The number of ether oxygens (including phenoxy) is 1. The normalized spacial score (nSPS) is 11.6. The second-order valence-corrected chi connectivity index (χ2v) is 8.29. The average molecular weight is 508 g/mol. The number of hydrogen-bond donors (Lipinski definition) is 2. The number of methoxy groups -OCH3 is 1. The minimum atomic E-state index is -1.07. The van der Waals surface area contributed by atoms with Crippen molar-refractivity contribution in [1.29, 1.82) is 0 Å². The summed E-state index contributed by atoms with van der Waals surface area (Å²) >= 11 is 6.26. The first-order valence-electron chi connectivity index (χ1n) is 11.0. The van der Waals surface area contributed by atoms with Crippen LogP contribution in [0.2, 0.25) is 5.02 Å². The van der Waals surface area contributed by atoms with Gasteiger partial charge in [0.05, 0.1) is 25.1 Å². The Balaban J connectivity index is 1.71. The molecule has 0 saturated carbocycles. The van der Waals surface area contributed by atoms with E-state index >= 15 is 0 Å². The van der Waals surface area contributed by atoms with Crippen LogP contribution >= 0.6 is 11.6 Å². The van der Waals surface area contributed by atoms with E-state index in [0.29, 0.717) is 45.3 Å². The van der Waals surface area contributed by atoms with Crippen LogP contribution in [0.1, 0.15) is 29.7 Å². The Hall–Kier alpha value is -4.37. The van der Waals surface area contributed by atoms with Crippen molar-refractivity contribution in [1.82, 2.24) is 9.55 Å². The van der Waals surface area contributed by atoms with E-state index < -0.39 is 23.5 Å². The van der Waals surface area contributed by atoms with Gasteiger partial charge in [0.1, 0.15) is 11.8 Å². The van der Waals surface area contributed by atoms with Gasteiger partial charge < -0.3 is 19.6 Å². The quantitative estimate of drug-likeness (QED) is 0.339. The Labute approximate surface area is 210 Å². The smallest absolute Gasteiger partial charge is 0.335 e. The zero-order valence-corrected chi connectivity index (χ0v) is 20.2. The van der Waals surface area contributed by atoms with Crippen molar-refractivity contribution in [3.8, 4) is 28.2 Å². The summed E-state index contributed by atoms with van der Waals surface area (Å²) in [6.45, 7) is 1.78. The van der Waals surface area contributed by atoms with E-state index in [1.54, 1.807) is 31.3 Å². The van der Waals surface area contributed by atoms with Gasteiger partial charge in [-0.05, 0) is 54.4 Å². The highest BCUT2D eigenvalue weighted by Gasteiger charge is 2.23. The van der Waals surface area contributed by atoms with Crippen LogP contribution in [0.4, 0.5) is 5.69 Å². The Morgan fingerprint density at radius 2 is 1.89 bits per heavy atom. The van der Waals surface area contributed by atoms with Gasteiger partial charge in [0.25, 0.3) is 5.56 Å². The molecule has 184 valence electrons. The maximum Gasteiger partial charge on any atom is 0.335 e. The lowest BCUT2D eigenvalue weighted by Crippen LogP contribution is -2.32. The number of oxazole rings is 1. The van der Waals surface area contributed by atoms with Gasteiger partial charge in [-0.25, -0.2) is 9.78 Å². The molecule has 2 aromatic carbocycles. The number of nitrogens with zero attached hydrogens (tertiary/aromatic N) is 2. The van der Waals surface area contributed by atoms with Gasteiger partial charge in [-0.2, -0.15) is 0 Å². The summed E-state index contributed by atoms with van der Waals surface area (Å²) in [5, 5.41) is 12.2. The summed E-state index contributed by atoms with van der Waals surface area (Å²) in [7, 11) is 1.47. The van der Waals surface area contributed by atoms with E-state index in [2.05, 4.69) is 10.3 Å². The molecule has 1 unspecified atom stereocenters. The highest BCUT2D eigenvalue weighted by Crippen LogP contribution is 2.38. The molecule has 1 amide bonds. The number of nitrogens with one attached hydrogen (secondary N) is 1. The standard InChI is InChI=1S/C26H22ClN3O6/c1-3-21(25(32)29-17-7-4-15(5-8-17)26(33)34)30-13-23(35-2)20(11-24(30)31)19-10-16(27)6-9-18(19)22-12-28-14-36-22/h4-14,21H,3H2,1-2H3,(H,29,32)(H,33,34). The molecule has 10 heteroatoms. The molecule has 0 radical (unpaired) electrons. The number of pyridine rings is 1. The zero-order chi connectivity index (χ0) is 25.8. The lowest BCUT2D eigenvalue weighted by molar-refractivity contribution is -0.119. The first kappa shape index (κ1) is 24.7. The van der Waals surface area contributed by atoms with Gasteiger partial charge in [0.15, 0.2) is 12.2 Å². The number of rotatable bonds is 8. The second-order valence-electron chi connectivity index (χ2n) is 7.85. The molecule has 1 atom stereocenters. The van der Waals surface area contributed by atoms with Crippen molar-refractivity contribution in [2.75, 3.05) is 12.4 Å². The maximum absolute atomic E-state index is 13.2. The van der Waals surface area contributed by atoms with Gasteiger partial charge >= 0.3 is 5.97 Å². The predicted molar refractivity (Wildman–Crippen MR) is 135 cm³/mol. The number of carboxylic acid groups (broad SMARTS) is 1. The fraction of sp³-hybridized carbons (Fsp3) is 0.154. The molecular weight excluding hydrogens is 486 g/mol. The maximum atomic E-state index is 13.2. The molecule has 9 nitrogen and oxygen atoms in total. The van der Waals surface area contributed by atoms with E-state index in [9.17, 15) is 14.4 Å². The van der Waals surface area contributed by atoms with Crippen LogP contribution in [0.3, 0.4) is 0 Å². The number of carboxylic acids is 1. The third kappa shape index (κ3) is 5.01. The molecule has 0 aliphatic carbocycles. The predicted octanol–water partition coefficient (Wildman–Crippen LogP) is 5.12. The van der Waals surface area contributed by atoms with Crippen LogP contribution in [0.25, 0.3) is 22.5 Å². The number of anilines is 1. The van der Waals surface area contributed by atoms with Gasteiger partial charge in [-0.1, -0.05) is 18.5 Å². The molecule has 0 bridgehead atoms. The summed E-state index contributed by atoms with van der Waals surface area (Å²) in [6.07, 6.45) is 4.68. The monoisotopic (exact) mass is 507 g/mol. The minimum absolute atomic E-state index is 0.0994. The van der Waals surface area contributed by atoms with Crippen molar-refractivity contribution < 1.29 is 23.8 Å². The molecule has 0 aliphatic heterocycles. The number of benzene rings is 2. The lowest BCUT2D eigenvalue weighted by Gasteiger charge is -2.20. The Morgan fingerprint density at radius 3 is 2.50 bits per heavy atom. The van der Waals surface area contributed by atoms with Crippen molar-refractivity contribution >= 4 is 29.2 Å². The van der Waals surface area contributed by atoms with Gasteiger partial charge in [-0.15, -0.1) is 0 Å². The Kier molecular flexibility index (Phi) is 7.21. The number of carbonyl (C=O) groups is 2.